The molecule has 2 heterocycles. The molecule has 0 fully saturated rings. The number of aliphatic hydroxyl groups excluding tert-OH is 1. The molecule has 108 valence electrons. The molecule has 1 atom stereocenters. The number of aliphatic hydroxyl groups is 1. The van der Waals surface area contributed by atoms with E-state index < -0.39 is 0 Å². The average molecular weight is 302 g/mol. The summed E-state index contributed by atoms with van der Waals surface area (Å²) >= 11 is 1.65. The van der Waals surface area contributed by atoms with Crippen LogP contribution >= 0.6 is 11.3 Å². The molecule has 0 aliphatic heterocycles. The number of hydrogen-bond donors (Lipinski definition) is 2. The van der Waals surface area contributed by atoms with Crippen LogP contribution in [0.5, 0.6) is 0 Å². The Hall–Kier alpha value is -1.98. The van der Waals surface area contributed by atoms with E-state index in [1.165, 1.54) is 12.1 Å². The van der Waals surface area contributed by atoms with Crippen molar-refractivity contribution in [2.75, 3.05) is 11.9 Å². The zero-order valence-corrected chi connectivity index (χ0v) is 12.1. The third kappa shape index (κ3) is 3.04. The van der Waals surface area contributed by atoms with Crippen LogP contribution in [0.2, 0.25) is 0 Å². The van der Waals surface area contributed by atoms with E-state index in [2.05, 4.69) is 10.3 Å². The molecule has 1 unspecified atom stereocenters. The molecule has 0 saturated heterocycles. The first-order chi connectivity index (χ1) is 10.3. The Bertz CT molecular complexity index is 730. The highest BCUT2D eigenvalue weighted by atomic mass is 32.1. The number of fused-ring (bicyclic) bond motifs is 1. The van der Waals surface area contributed by atoms with Gasteiger partial charge in [0.05, 0.1) is 11.6 Å². The number of hydrogen-bond acceptors (Lipinski definition) is 4. The highest BCUT2D eigenvalue weighted by Crippen LogP contribution is 2.29. The second kappa shape index (κ2) is 6.20. The van der Waals surface area contributed by atoms with E-state index in [-0.39, 0.29) is 18.5 Å². The molecule has 0 spiro atoms. The number of aromatic nitrogens is 1. The first-order valence-electron chi connectivity index (χ1n) is 6.73. The number of anilines is 1. The second-order valence-electron chi connectivity index (χ2n) is 4.74. The van der Waals surface area contributed by atoms with Crippen molar-refractivity contribution in [3.8, 4) is 0 Å². The molecular formula is C16H15FN2OS. The second-order valence-corrected chi connectivity index (χ2v) is 5.72. The van der Waals surface area contributed by atoms with Gasteiger partial charge in [-0.05, 0) is 36.1 Å². The summed E-state index contributed by atoms with van der Waals surface area (Å²) in [4.78, 5) is 5.36. The van der Waals surface area contributed by atoms with Gasteiger partial charge in [0, 0.05) is 34.8 Å². The number of thiophene rings is 1. The number of nitrogens with zero attached hydrogens (tertiary/aromatic N) is 1. The monoisotopic (exact) mass is 302 g/mol. The molecule has 0 amide bonds. The van der Waals surface area contributed by atoms with Gasteiger partial charge in [0.25, 0.3) is 0 Å². The quantitative estimate of drug-likeness (QED) is 0.749. The van der Waals surface area contributed by atoms with Gasteiger partial charge in [0.1, 0.15) is 5.82 Å². The minimum atomic E-state index is -0.294. The molecule has 2 aromatic heterocycles. The van der Waals surface area contributed by atoms with E-state index >= 15 is 0 Å². The minimum Gasteiger partial charge on any atom is -0.396 e. The number of nitrogens with one attached hydrogen (secondary N) is 1. The van der Waals surface area contributed by atoms with E-state index in [1.807, 2.05) is 23.6 Å². The van der Waals surface area contributed by atoms with Gasteiger partial charge < -0.3 is 10.4 Å². The number of halogens is 1. The van der Waals surface area contributed by atoms with Gasteiger partial charge >= 0.3 is 0 Å². The fourth-order valence-electron chi connectivity index (χ4n) is 2.34. The Balaban J connectivity index is 1.96. The van der Waals surface area contributed by atoms with Gasteiger partial charge in [0.2, 0.25) is 0 Å². The molecule has 21 heavy (non-hydrogen) atoms. The van der Waals surface area contributed by atoms with E-state index in [4.69, 9.17) is 0 Å². The summed E-state index contributed by atoms with van der Waals surface area (Å²) in [5.41, 5.74) is 1.51. The number of benzene rings is 1. The Morgan fingerprint density at radius 3 is 2.95 bits per heavy atom. The molecule has 2 N–H and O–H groups in total. The number of rotatable bonds is 5. The molecule has 0 radical (unpaired) electrons. The molecule has 3 rings (SSSR count). The van der Waals surface area contributed by atoms with E-state index in [9.17, 15) is 9.50 Å². The van der Waals surface area contributed by atoms with Crippen molar-refractivity contribution in [3.63, 3.8) is 0 Å². The fourth-order valence-corrected chi connectivity index (χ4v) is 3.15. The molecule has 3 nitrogen and oxygen atoms in total. The van der Waals surface area contributed by atoms with Crippen molar-refractivity contribution in [1.29, 1.82) is 0 Å². The largest absolute Gasteiger partial charge is 0.396 e. The summed E-state index contributed by atoms with van der Waals surface area (Å²) < 4.78 is 13.3. The van der Waals surface area contributed by atoms with Crippen molar-refractivity contribution in [2.45, 2.75) is 12.5 Å². The molecule has 0 bridgehead atoms. The van der Waals surface area contributed by atoms with Crippen LogP contribution in [0.1, 0.15) is 17.3 Å². The van der Waals surface area contributed by atoms with Crippen LogP contribution in [-0.2, 0) is 0 Å². The lowest BCUT2D eigenvalue weighted by Crippen LogP contribution is -2.11. The molecule has 0 saturated carbocycles. The van der Waals surface area contributed by atoms with Crippen LogP contribution in [-0.4, -0.2) is 16.7 Å². The minimum absolute atomic E-state index is 0.0330. The molecule has 0 aliphatic rings. The summed E-state index contributed by atoms with van der Waals surface area (Å²) in [6.07, 6.45) is 2.28. The van der Waals surface area contributed by atoms with Crippen molar-refractivity contribution in [2.24, 2.45) is 0 Å². The first-order valence-corrected chi connectivity index (χ1v) is 7.61. The maximum atomic E-state index is 13.3. The molecule has 5 heteroatoms. The van der Waals surface area contributed by atoms with E-state index in [1.54, 1.807) is 23.6 Å². The lowest BCUT2D eigenvalue weighted by molar-refractivity contribution is 0.280. The van der Waals surface area contributed by atoms with E-state index in [0.29, 0.717) is 11.9 Å². The van der Waals surface area contributed by atoms with Crippen molar-refractivity contribution < 1.29 is 9.50 Å². The molecule has 1 aromatic carbocycles. The maximum absolute atomic E-state index is 13.3. The zero-order valence-electron chi connectivity index (χ0n) is 11.3. The lowest BCUT2D eigenvalue weighted by atomic mass is 10.1. The van der Waals surface area contributed by atoms with Gasteiger partial charge in [0.15, 0.2) is 0 Å². The SMILES string of the molecule is OCCC(Nc1ccnc2cc(F)ccc12)c1cccs1. The lowest BCUT2D eigenvalue weighted by Gasteiger charge is -2.19. The maximum Gasteiger partial charge on any atom is 0.125 e. The van der Waals surface area contributed by atoms with Crippen LogP contribution in [0.3, 0.4) is 0 Å². The van der Waals surface area contributed by atoms with Gasteiger partial charge in [-0.1, -0.05) is 6.07 Å². The molecule has 3 aromatic rings. The first kappa shape index (κ1) is 14.0. The van der Waals surface area contributed by atoms with Crippen LogP contribution in [0.4, 0.5) is 10.1 Å². The average Bonchev–Trinajstić information content (AvgIpc) is 3.01. The summed E-state index contributed by atoms with van der Waals surface area (Å²) in [6.45, 7) is 0.104. The summed E-state index contributed by atoms with van der Waals surface area (Å²) in [5, 5.41) is 15.6. The van der Waals surface area contributed by atoms with E-state index in [0.717, 1.165) is 16.0 Å². The summed E-state index contributed by atoms with van der Waals surface area (Å²) in [5.74, 6) is -0.294. The van der Waals surface area contributed by atoms with Crippen LogP contribution in [0, 0.1) is 5.82 Å². The van der Waals surface area contributed by atoms with Crippen LogP contribution in [0.15, 0.2) is 48.0 Å². The van der Waals surface area contributed by atoms with Crippen molar-refractivity contribution in [3.05, 3.63) is 58.7 Å². The molecular weight excluding hydrogens is 287 g/mol. The van der Waals surface area contributed by atoms with Crippen LogP contribution in [0.25, 0.3) is 10.9 Å². The smallest absolute Gasteiger partial charge is 0.125 e. The highest BCUT2D eigenvalue weighted by Gasteiger charge is 2.13. The summed E-state index contributed by atoms with van der Waals surface area (Å²) in [6, 6.07) is 10.5. The van der Waals surface area contributed by atoms with Crippen molar-refractivity contribution >= 4 is 27.9 Å². The van der Waals surface area contributed by atoms with Crippen LogP contribution < -0.4 is 5.32 Å². The van der Waals surface area contributed by atoms with Gasteiger partial charge in [-0.3, -0.25) is 4.98 Å². The normalized spacial score (nSPS) is 12.5. The third-order valence-electron chi connectivity index (χ3n) is 3.34. The topological polar surface area (TPSA) is 45.1 Å². The third-order valence-corrected chi connectivity index (χ3v) is 4.32. The summed E-state index contributed by atoms with van der Waals surface area (Å²) in [7, 11) is 0. The predicted molar refractivity (Wildman–Crippen MR) is 84.1 cm³/mol. The molecule has 0 aliphatic carbocycles. The van der Waals surface area contributed by atoms with Gasteiger partial charge in [-0.25, -0.2) is 4.39 Å². The Morgan fingerprint density at radius 2 is 2.19 bits per heavy atom. The Kier molecular flexibility index (Phi) is 4.13. The van der Waals surface area contributed by atoms with Crippen molar-refractivity contribution in [1.82, 2.24) is 4.98 Å². The fraction of sp³-hybridized carbons (Fsp3) is 0.188. The Labute approximate surface area is 126 Å². The van der Waals surface area contributed by atoms with Gasteiger partial charge in [-0.2, -0.15) is 0 Å². The Morgan fingerprint density at radius 1 is 1.29 bits per heavy atom. The highest BCUT2D eigenvalue weighted by molar-refractivity contribution is 7.10. The predicted octanol–water partition coefficient (Wildman–Crippen LogP) is 3.97. The number of pyridine rings is 1. The van der Waals surface area contributed by atoms with Gasteiger partial charge in [-0.15, -0.1) is 11.3 Å². The zero-order chi connectivity index (χ0) is 14.7. The standard InChI is InChI=1S/C16H15FN2OS/c17-11-3-4-12-13(5-7-18-15(12)10-11)19-14(6-8-20)16-2-1-9-21-16/h1-5,7,9-10,14,20H,6,8H2,(H,18,19).